The summed E-state index contributed by atoms with van der Waals surface area (Å²) in [5.74, 6) is 0. The van der Waals surface area contributed by atoms with Crippen molar-refractivity contribution in [1.29, 1.82) is 0 Å². The summed E-state index contributed by atoms with van der Waals surface area (Å²) in [4.78, 5) is 0. The van der Waals surface area contributed by atoms with E-state index in [1.54, 1.807) is 0 Å². The standard InChI is InChI=1S/C6H12N.Zn/c7-6-4-2-1-3-5-6;/h6-7H,1-5H2;/q-1;+1. The van der Waals surface area contributed by atoms with Crippen LogP contribution in [0.25, 0.3) is 0 Å². The van der Waals surface area contributed by atoms with Crippen molar-refractivity contribution >= 4 is 0 Å². The summed E-state index contributed by atoms with van der Waals surface area (Å²) in [6, 6.07) is 0.892. The first kappa shape index (κ1) is 6.70. The van der Waals surface area contributed by atoms with E-state index in [0.717, 1.165) is 6.04 Å². The van der Waals surface area contributed by atoms with E-state index in [2.05, 4.69) is 4.06 Å². The molecule has 0 aromatic carbocycles. The van der Waals surface area contributed by atoms with E-state index in [-0.39, 0.29) is 0 Å². The molecule has 0 aromatic heterocycles. The van der Waals surface area contributed by atoms with Crippen molar-refractivity contribution in [2.24, 2.45) is 0 Å². The van der Waals surface area contributed by atoms with Gasteiger partial charge in [0.2, 0.25) is 0 Å². The molecule has 0 spiro atoms. The molecular formula is C6H12NZn. The van der Waals surface area contributed by atoms with Gasteiger partial charge in [-0.05, 0) is 0 Å². The van der Waals surface area contributed by atoms with Crippen molar-refractivity contribution in [3.8, 4) is 0 Å². The molecule has 0 unspecified atom stereocenters. The van der Waals surface area contributed by atoms with Crippen molar-refractivity contribution in [2.75, 3.05) is 0 Å². The van der Waals surface area contributed by atoms with Gasteiger partial charge in [-0.25, -0.2) is 0 Å². The van der Waals surface area contributed by atoms with Gasteiger partial charge in [0, 0.05) is 0 Å². The van der Waals surface area contributed by atoms with Crippen LogP contribution in [-0.2, 0) is 18.5 Å². The molecule has 0 amide bonds. The minimum absolute atomic E-state index is 0.892. The van der Waals surface area contributed by atoms with Crippen LogP contribution in [0.5, 0.6) is 0 Å². The van der Waals surface area contributed by atoms with Crippen LogP contribution in [-0.4, -0.2) is 6.04 Å². The SMILES string of the molecule is [Zn][NH]C1CCCCC1. The summed E-state index contributed by atoms with van der Waals surface area (Å²) in [5.41, 5.74) is 0. The molecule has 0 aromatic rings. The van der Waals surface area contributed by atoms with Gasteiger partial charge in [0.05, 0.1) is 0 Å². The van der Waals surface area contributed by atoms with E-state index < -0.39 is 0 Å². The summed E-state index contributed by atoms with van der Waals surface area (Å²) >= 11 is 1.27. The Morgan fingerprint density at radius 3 is 2.12 bits per heavy atom. The maximum atomic E-state index is 3.43. The molecule has 43 valence electrons. The molecule has 0 heterocycles. The fourth-order valence-electron chi connectivity index (χ4n) is 1.31. The first-order valence-corrected chi connectivity index (χ1v) is 4.94. The molecule has 1 saturated carbocycles. The Labute approximate surface area is 61.2 Å². The van der Waals surface area contributed by atoms with Crippen molar-refractivity contribution in [2.45, 2.75) is 38.1 Å². The topological polar surface area (TPSA) is 12.0 Å². The van der Waals surface area contributed by atoms with Crippen molar-refractivity contribution < 1.29 is 18.5 Å². The first-order chi connectivity index (χ1) is 3.93. The predicted octanol–water partition coefficient (Wildman–Crippen LogP) is 1.37. The second kappa shape index (κ2) is 3.58. The van der Waals surface area contributed by atoms with Crippen LogP contribution in [0.15, 0.2) is 0 Å². The Hall–Kier alpha value is 0.583. The van der Waals surface area contributed by atoms with Gasteiger partial charge in [0.1, 0.15) is 0 Å². The number of nitrogens with one attached hydrogen (secondary N) is 1. The molecule has 1 N–H and O–H groups in total. The Kier molecular flexibility index (Phi) is 3.00. The number of rotatable bonds is 1. The van der Waals surface area contributed by atoms with E-state index in [0.29, 0.717) is 0 Å². The van der Waals surface area contributed by atoms with Gasteiger partial charge in [-0.3, -0.25) is 0 Å². The summed E-state index contributed by atoms with van der Waals surface area (Å²) in [6.45, 7) is 0. The Morgan fingerprint density at radius 2 is 1.75 bits per heavy atom. The van der Waals surface area contributed by atoms with Crippen molar-refractivity contribution in [3.63, 3.8) is 0 Å². The normalized spacial score (nSPS) is 23.8. The van der Waals surface area contributed by atoms with Crippen LogP contribution in [0.3, 0.4) is 0 Å². The number of hydrogen-bond acceptors (Lipinski definition) is 1. The van der Waals surface area contributed by atoms with Gasteiger partial charge in [-0.2, -0.15) is 0 Å². The van der Waals surface area contributed by atoms with Crippen molar-refractivity contribution in [3.05, 3.63) is 0 Å². The Morgan fingerprint density at radius 1 is 1.12 bits per heavy atom. The summed E-state index contributed by atoms with van der Waals surface area (Å²) < 4.78 is 3.43. The molecule has 1 rings (SSSR count). The molecule has 1 aliphatic rings. The molecule has 1 aliphatic carbocycles. The number of hydrogen-bond donors (Lipinski definition) is 1. The van der Waals surface area contributed by atoms with Crippen molar-refractivity contribution in [1.82, 2.24) is 4.06 Å². The average Bonchev–Trinajstić information content (AvgIpc) is 1.90. The minimum atomic E-state index is 0.892. The van der Waals surface area contributed by atoms with Gasteiger partial charge >= 0.3 is 60.7 Å². The molecule has 0 saturated heterocycles. The van der Waals surface area contributed by atoms with Crippen LogP contribution in [0.4, 0.5) is 0 Å². The van der Waals surface area contributed by atoms with Crippen LogP contribution in [0.2, 0.25) is 0 Å². The quantitative estimate of drug-likeness (QED) is 0.576. The molecule has 2 heteroatoms. The van der Waals surface area contributed by atoms with Crippen LogP contribution >= 0.6 is 0 Å². The van der Waals surface area contributed by atoms with E-state index in [9.17, 15) is 0 Å². The molecule has 0 radical (unpaired) electrons. The third-order valence-corrected chi connectivity index (χ3v) is 3.11. The monoisotopic (exact) mass is 162 g/mol. The van der Waals surface area contributed by atoms with E-state index in [1.807, 2.05) is 0 Å². The molecular weight excluding hydrogens is 151 g/mol. The zero-order chi connectivity index (χ0) is 5.82. The second-order valence-corrected chi connectivity index (χ2v) is 3.40. The molecule has 0 aliphatic heterocycles. The van der Waals surface area contributed by atoms with E-state index in [4.69, 9.17) is 0 Å². The Balaban J connectivity index is 2.13. The van der Waals surface area contributed by atoms with Gasteiger partial charge in [0.15, 0.2) is 0 Å². The fraction of sp³-hybridized carbons (Fsp3) is 1.00. The maximum absolute atomic E-state index is 3.43. The summed E-state index contributed by atoms with van der Waals surface area (Å²) in [5, 5.41) is 0. The Bertz CT molecular complexity index is 59.5. The van der Waals surface area contributed by atoms with Gasteiger partial charge in [-0.15, -0.1) is 0 Å². The average molecular weight is 164 g/mol. The molecule has 1 nitrogen and oxygen atoms in total. The molecule has 0 atom stereocenters. The van der Waals surface area contributed by atoms with Gasteiger partial charge in [-0.1, -0.05) is 0 Å². The molecule has 0 bridgehead atoms. The molecule has 8 heavy (non-hydrogen) atoms. The zero-order valence-corrected chi connectivity index (χ0v) is 8.29. The van der Waals surface area contributed by atoms with E-state index in [1.165, 1.54) is 50.6 Å². The predicted molar refractivity (Wildman–Crippen MR) is 30.0 cm³/mol. The van der Waals surface area contributed by atoms with E-state index >= 15 is 0 Å². The van der Waals surface area contributed by atoms with Crippen LogP contribution in [0, 0.1) is 0 Å². The van der Waals surface area contributed by atoms with Gasteiger partial charge in [0.25, 0.3) is 0 Å². The second-order valence-electron chi connectivity index (χ2n) is 2.54. The molecule has 1 fully saturated rings. The first-order valence-electron chi connectivity index (χ1n) is 3.46. The fourth-order valence-corrected chi connectivity index (χ4v) is 2.16. The third-order valence-electron chi connectivity index (χ3n) is 1.89. The third kappa shape index (κ3) is 1.83. The van der Waals surface area contributed by atoms with Crippen LogP contribution < -0.4 is 4.06 Å². The van der Waals surface area contributed by atoms with Gasteiger partial charge < -0.3 is 0 Å². The summed E-state index contributed by atoms with van der Waals surface area (Å²) in [6.07, 6.45) is 7.24. The summed E-state index contributed by atoms with van der Waals surface area (Å²) in [7, 11) is 0. The van der Waals surface area contributed by atoms with Crippen LogP contribution in [0.1, 0.15) is 32.1 Å². The zero-order valence-electron chi connectivity index (χ0n) is 5.32.